The number of phenols is 1. The molecule has 0 aliphatic rings. The molecule has 0 spiro atoms. The minimum atomic E-state index is -3.70. The standard InChI is InChI=1S/C14H12Br2N2O3S/c1-9-2-4-11(5-3-9)22(20,21)18-17-8-10-6-12(15)14(19)13(16)7-10/h2-8,18-19H,1H3/b17-8-. The molecule has 0 aliphatic carbocycles. The number of nitrogens with one attached hydrogen (secondary N) is 1. The number of nitrogens with zero attached hydrogens (tertiary/aromatic N) is 1. The summed E-state index contributed by atoms with van der Waals surface area (Å²) in [4.78, 5) is 2.29. The van der Waals surface area contributed by atoms with Gasteiger partial charge < -0.3 is 5.11 Å². The lowest BCUT2D eigenvalue weighted by atomic mass is 10.2. The minimum Gasteiger partial charge on any atom is -0.506 e. The summed E-state index contributed by atoms with van der Waals surface area (Å²) in [6.45, 7) is 1.88. The maximum Gasteiger partial charge on any atom is 0.276 e. The predicted octanol–water partition coefficient (Wildman–Crippen LogP) is 3.54. The van der Waals surface area contributed by atoms with Crippen LogP contribution in [0.5, 0.6) is 5.75 Å². The van der Waals surface area contributed by atoms with Crippen LogP contribution in [0.2, 0.25) is 0 Å². The third-order valence-corrected chi connectivity index (χ3v) is 5.20. The zero-order chi connectivity index (χ0) is 16.3. The molecule has 0 heterocycles. The fraction of sp³-hybridized carbons (Fsp3) is 0.0714. The van der Waals surface area contributed by atoms with Gasteiger partial charge in [0, 0.05) is 0 Å². The molecule has 0 unspecified atom stereocenters. The van der Waals surface area contributed by atoms with Crippen molar-refractivity contribution in [2.24, 2.45) is 5.10 Å². The number of halogens is 2. The van der Waals surface area contributed by atoms with E-state index in [1.807, 2.05) is 6.92 Å². The molecule has 0 saturated heterocycles. The summed E-state index contributed by atoms with van der Waals surface area (Å²) in [5.74, 6) is 0.0670. The third-order valence-electron chi connectivity index (χ3n) is 2.76. The number of sulfonamides is 1. The normalized spacial score (nSPS) is 11.8. The molecule has 5 nitrogen and oxygen atoms in total. The second kappa shape index (κ2) is 6.80. The van der Waals surface area contributed by atoms with Crippen molar-refractivity contribution >= 4 is 48.1 Å². The highest BCUT2D eigenvalue weighted by molar-refractivity contribution is 9.11. The van der Waals surface area contributed by atoms with Gasteiger partial charge in [0.1, 0.15) is 5.75 Å². The van der Waals surface area contributed by atoms with Crippen molar-refractivity contribution in [1.82, 2.24) is 4.83 Å². The maximum atomic E-state index is 12.0. The van der Waals surface area contributed by atoms with Crippen LogP contribution in [0.3, 0.4) is 0 Å². The molecular weight excluding hydrogens is 436 g/mol. The Morgan fingerprint density at radius 1 is 1.14 bits per heavy atom. The van der Waals surface area contributed by atoms with E-state index >= 15 is 0 Å². The van der Waals surface area contributed by atoms with Gasteiger partial charge in [0.2, 0.25) is 0 Å². The molecule has 0 fully saturated rings. The highest BCUT2D eigenvalue weighted by atomic mass is 79.9. The van der Waals surface area contributed by atoms with E-state index in [4.69, 9.17) is 0 Å². The monoisotopic (exact) mass is 446 g/mol. The molecule has 22 heavy (non-hydrogen) atoms. The first-order valence-corrected chi connectivity index (χ1v) is 9.16. The number of aromatic hydroxyl groups is 1. The van der Waals surface area contributed by atoms with Crippen LogP contribution >= 0.6 is 31.9 Å². The summed E-state index contributed by atoms with van der Waals surface area (Å²) in [6.07, 6.45) is 1.35. The first-order chi connectivity index (χ1) is 10.3. The van der Waals surface area contributed by atoms with Crippen molar-refractivity contribution in [2.75, 3.05) is 0 Å². The van der Waals surface area contributed by atoms with E-state index in [1.54, 1.807) is 24.3 Å². The molecular formula is C14H12Br2N2O3S. The highest BCUT2D eigenvalue weighted by Gasteiger charge is 2.12. The van der Waals surface area contributed by atoms with Gasteiger partial charge in [-0.3, -0.25) is 0 Å². The summed E-state index contributed by atoms with van der Waals surface area (Å²) in [5.41, 5.74) is 1.59. The lowest BCUT2D eigenvalue weighted by Gasteiger charge is -2.04. The van der Waals surface area contributed by atoms with Crippen LogP contribution in [0.4, 0.5) is 0 Å². The Labute approximate surface area is 145 Å². The summed E-state index contributed by atoms with van der Waals surface area (Å²) >= 11 is 6.38. The number of benzene rings is 2. The molecule has 116 valence electrons. The number of hydrazone groups is 1. The average molecular weight is 448 g/mol. The number of hydrogen-bond acceptors (Lipinski definition) is 4. The Bertz CT molecular complexity index is 795. The first-order valence-electron chi connectivity index (χ1n) is 6.09. The molecule has 0 radical (unpaired) electrons. The van der Waals surface area contributed by atoms with Gasteiger partial charge in [-0.2, -0.15) is 13.5 Å². The molecule has 0 amide bonds. The fourth-order valence-corrected chi connectivity index (χ4v) is 3.61. The quantitative estimate of drug-likeness (QED) is 0.555. The SMILES string of the molecule is Cc1ccc(S(=O)(=O)N/N=C\c2cc(Br)c(O)c(Br)c2)cc1. The fourth-order valence-electron chi connectivity index (χ4n) is 1.60. The largest absolute Gasteiger partial charge is 0.506 e. The lowest BCUT2D eigenvalue weighted by Crippen LogP contribution is -2.18. The van der Waals surface area contributed by atoms with E-state index in [0.29, 0.717) is 14.5 Å². The van der Waals surface area contributed by atoms with Gasteiger partial charge >= 0.3 is 0 Å². The van der Waals surface area contributed by atoms with E-state index in [1.165, 1.54) is 18.3 Å². The van der Waals surface area contributed by atoms with E-state index in [9.17, 15) is 13.5 Å². The number of hydrogen-bond donors (Lipinski definition) is 2. The molecule has 2 aromatic rings. The Kier molecular flexibility index (Phi) is 5.25. The Morgan fingerprint density at radius 3 is 2.23 bits per heavy atom. The molecule has 0 aromatic heterocycles. The van der Waals surface area contributed by atoms with Crippen molar-refractivity contribution in [3.8, 4) is 5.75 Å². The van der Waals surface area contributed by atoms with Gasteiger partial charge in [-0.1, -0.05) is 17.7 Å². The Balaban J connectivity index is 2.16. The first kappa shape index (κ1) is 17.0. The van der Waals surface area contributed by atoms with Crippen molar-refractivity contribution in [1.29, 1.82) is 0 Å². The van der Waals surface area contributed by atoms with Gasteiger partial charge in [-0.15, -0.1) is 0 Å². The molecule has 0 bridgehead atoms. The van der Waals surface area contributed by atoms with E-state index in [2.05, 4.69) is 41.8 Å². The van der Waals surface area contributed by atoms with Gasteiger partial charge in [0.15, 0.2) is 0 Å². The van der Waals surface area contributed by atoms with Crippen LogP contribution in [0, 0.1) is 6.92 Å². The van der Waals surface area contributed by atoms with Crippen LogP contribution in [0.25, 0.3) is 0 Å². The lowest BCUT2D eigenvalue weighted by molar-refractivity contribution is 0.468. The van der Waals surface area contributed by atoms with Gasteiger partial charge in [-0.05, 0) is 68.6 Å². The van der Waals surface area contributed by atoms with Crippen LogP contribution in [-0.4, -0.2) is 19.7 Å². The predicted molar refractivity (Wildman–Crippen MR) is 92.6 cm³/mol. The summed E-state index contributed by atoms with van der Waals surface area (Å²) in [5, 5.41) is 13.3. The second-order valence-electron chi connectivity index (χ2n) is 4.50. The second-order valence-corrected chi connectivity index (χ2v) is 7.87. The highest BCUT2D eigenvalue weighted by Crippen LogP contribution is 2.32. The topological polar surface area (TPSA) is 78.8 Å². The molecule has 2 rings (SSSR count). The van der Waals surface area contributed by atoms with Gasteiger partial charge in [0.05, 0.1) is 20.1 Å². The Hall–Kier alpha value is -1.38. The molecule has 8 heteroatoms. The molecule has 0 aliphatic heterocycles. The summed E-state index contributed by atoms with van der Waals surface area (Å²) in [7, 11) is -3.70. The van der Waals surface area contributed by atoms with E-state index in [0.717, 1.165) is 5.56 Å². The number of phenolic OH excluding ortho intramolecular Hbond substituents is 1. The van der Waals surface area contributed by atoms with Gasteiger partial charge in [0.25, 0.3) is 10.0 Å². The average Bonchev–Trinajstić information content (AvgIpc) is 2.45. The van der Waals surface area contributed by atoms with E-state index in [-0.39, 0.29) is 10.6 Å². The molecule has 2 aromatic carbocycles. The minimum absolute atomic E-state index is 0.0670. The zero-order valence-corrected chi connectivity index (χ0v) is 15.4. The van der Waals surface area contributed by atoms with Gasteiger partial charge in [-0.25, -0.2) is 4.83 Å². The molecule has 2 N–H and O–H groups in total. The van der Waals surface area contributed by atoms with E-state index < -0.39 is 10.0 Å². The number of aryl methyl sites for hydroxylation is 1. The molecule has 0 saturated carbocycles. The van der Waals surface area contributed by atoms with Crippen molar-refractivity contribution in [3.05, 3.63) is 56.5 Å². The smallest absolute Gasteiger partial charge is 0.276 e. The van der Waals surface area contributed by atoms with Crippen LogP contribution in [-0.2, 0) is 10.0 Å². The zero-order valence-electron chi connectivity index (χ0n) is 11.4. The van der Waals surface area contributed by atoms with Crippen molar-refractivity contribution in [2.45, 2.75) is 11.8 Å². The van der Waals surface area contributed by atoms with Crippen LogP contribution in [0.1, 0.15) is 11.1 Å². The summed E-state index contributed by atoms with van der Waals surface area (Å²) in [6, 6.07) is 9.69. The number of rotatable bonds is 4. The van der Waals surface area contributed by atoms with Crippen LogP contribution < -0.4 is 4.83 Å². The Morgan fingerprint density at radius 2 is 1.68 bits per heavy atom. The summed E-state index contributed by atoms with van der Waals surface area (Å²) < 4.78 is 25.0. The van der Waals surface area contributed by atoms with Crippen molar-refractivity contribution in [3.63, 3.8) is 0 Å². The molecule has 0 atom stereocenters. The van der Waals surface area contributed by atoms with Crippen molar-refractivity contribution < 1.29 is 13.5 Å². The van der Waals surface area contributed by atoms with Crippen LogP contribution in [0.15, 0.2) is 55.3 Å². The maximum absolute atomic E-state index is 12.0. The third kappa shape index (κ3) is 4.08.